The zero-order valence-electron chi connectivity index (χ0n) is 18.2. The molecule has 158 valence electrons. The van der Waals surface area contributed by atoms with Crippen molar-refractivity contribution in [3.63, 3.8) is 0 Å². The number of aromatic nitrogens is 5. The van der Waals surface area contributed by atoms with Gasteiger partial charge in [0.2, 0.25) is 5.88 Å². The Labute approximate surface area is 182 Å². The molecule has 31 heavy (non-hydrogen) atoms. The zero-order valence-corrected chi connectivity index (χ0v) is 18.2. The molecule has 7 nitrogen and oxygen atoms in total. The summed E-state index contributed by atoms with van der Waals surface area (Å²) in [5.41, 5.74) is 5.46. The summed E-state index contributed by atoms with van der Waals surface area (Å²) in [6.45, 7) is 6.17. The van der Waals surface area contributed by atoms with Gasteiger partial charge >= 0.3 is 0 Å². The second-order valence-electron chi connectivity index (χ2n) is 7.38. The average molecular weight is 415 g/mol. The van der Waals surface area contributed by atoms with E-state index in [0.29, 0.717) is 17.3 Å². The Hall–Kier alpha value is -3.74. The summed E-state index contributed by atoms with van der Waals surface area (Å²) in [5.74, 6) is 1.30. The van der Waals surface area contributed by atoms with Gasteiger partial charge in [-0.05, 0) is 49.6 Å². The predicted octanol–water partition coefficient (Wildman–Crippen LogP) is 4.78. The molecule has 3 aromatic heterocycles. The number of anilines is 1. The van der Waals surface area contributed by atoms with Crippen LogP contribution in [-0.4, -0.2) is 31.8 Å². The first-order valence-corrected chi connectivity index (χ1v) is 10.3. The van der Waals surface area contributed by atoms with Crippen LogP contribution in [0.25, 0.3) is 17.1 Å². The number of hydrogen-bond donors (Lipinski definition) is 1. The number of nitrogens with one attached hydrogen (secondary N) is 1. The Morgan fingerprint density at radius 2 is 1.87 bits per heavy atom. The molecule has 0 saturated heterocycles. The lowest BCUT2D eigenvalue weighted by Crippen LogP contribution is -2.11. The molecule has 4 aromatic rings. The molecular weight excluding hydrogens is 388 g/mol. The van der Waals surface area contributed by atoms with E-state index in [-0.39, 0.29) is 6.04 Å². The molecule has 0 bridgehead atoms. The lowest BCUT2D eigenvalue weighted by Gasteiger charge is -2.17. The Morgan fingerprint density at radius 3 is 2.55 bits per heavy atom. The largest absolute Gasteiger partial charge is 0.479 e. The van der Waals surface area contributed by atoms with Crippen LogP contribution in [0.3, 0.4) is 0 Å². The molecule has 7 heteroatoms. The second-order valence-corrected chi connectivity index (χ2v) is 7.38. The molecule has 0 radical (unpaired) electrons. The van der Waals surface area contributed by atoms with Gasteiger partial charge in [-0.25, -0.2) is 9.97 Å². The van der Waals surface area contributed by atoms with E-state index >= 15 is 0 Å². The van der Waals surface area contributed by atoms with Crippen molar-refractivity contribution in [1.82, 2.24) is 24.7 Å². The van der Waals surface area contributed by atoms with Gasteiger partial charge in [0, 0.05) is 6.20 Å². The molecular formula is C24H26N6O. The van der Waals surface area contributed by atoms with Crippen LogP contribution < -0.4 is 10.1 Å². The molecule has 3 heterocycles. The van der Waals surface area contributed by atoms with Crippen LogP contribution in [0.5, 0.6) is 5.88 Å². The molecule has 1 unspecified atom stereocenters. The fourth-order valence-electron chi connectivity index (χ4n) is 3.45. The molecule has 0 amide bonds. The fraction of sp³-hybridized carbons (Fsp3) is 0.250. The van der Waals surface area contributed by atoms with Crippen LogP contribution in [0.2, 0.25) is 0 Å². The highest BCUT2D eigenvalue weighted by atomic mass is 16.5. The summed E-state index contributed by atoms with van der Waals surface area (Å²) in [6.07, 6.45) is 4.51. The first kappa shape index (κ1) is 20.5. The molecule has 0 spiro atoms. The van der Waals surface area contributed by atoms with E-state index in [1.165, 1.54) is 5.56 Å². The second kappa shape index (κ2) is 8.95. The lowest BCUT2D eigenvalue weighted by molar-refractivity contribution is 0.396. The smallest absolute Gasteiger partial charge is 0.238 e. The number of benzene rings is 1. The van der Waals surface area contributed by atoms with Crippen molar-refractivity contribution >= 4 is 5.82 Å². The van der Waals surface area contributed by atoms with Crippen LogP contribution in [-0.2, 0) is 6.42 Å². The number of ether oxygens (including phenoxy) is 1. The van der Waals surface area contributed by atoms with E-state index in [9.17, 15) is 0 Å². The average Bonchev–Trinajstić information content (AvgIpc) is 3.25. The van der Waals surface area contributed by atoms with Gasteiger partial charge in [-0.15, -0.1) is 10.2 Å². The maximum absolute atomic E-state index is 5.53. The molecule has 0 aliphatic carbocycles. The number of methoxy groups -OCH3 is 1. The fourth-order valence-corrected chi connectivity index (χ4v) is 3.45. The van der Waals surface area contributed by atoms with Gasteiger partial charge < -0.3 is 14.6 Å². The van der Waals surface area contributed by atoms with E-state index in [1.54, 1.807) is 13.4 Å². The van der Waals surface area contributed by atoms with Crippen LogP contribution >= 0.6 is 0 Å². The highest BCUT2D eigenvalue weighted by molar-refractivity contribution is 5.61. The van der Waals surface area contributed by atoms with Crippen LogP contribution in [0.1, 0.15) is 36.7 Å². The summed E-state index contributed by atoms with van der Waals surface area (Å²) < 4.78 is 7.43. The van der Waals surface area contributed by atoms with E-state index in [1.807, 2.05) is 54.1 Å². The Bertz CT molecular complexity index is 1170. The number of nitrogens with zero attached hydrogens (tertiary/aromatic N) is 5. The molecule has 0 saturated carbocycles. The number of aryl methyl sites for hydroxylation is 2. The molecule has 1 atom stereocenters. The van der Waals surface area contributed by atoms with Gasteiger partial charge in [-0.2, -0.15) is 0 Å². The van der Waals surface area contributed by atoms with E-state index in [0.717, 1.165) is 29.2 Å². The third kappa shape index (κ3) is 4.40. The van der Waals surface area contributed by atoms with Crippen molar-refractivity contribution < 1.29 is 4.74 Å². The zero-order chi connectivity index (χ0) is 21.8. The lowest BCUT2D eigenvalue weighted by atomic mass is 10.1. The summed E-state index contributed by atoms with van der Waals surface area (Å²) in [5, 5.41) is 12.4. The number of hydrogen-bond acceptors (Lipinski definition) is 6. The third-order valence-corrected chi connectivity index (χ3v) is 5.19. The summed E-state index contributed by atoms with van der Waals surface area (Å²) in [4.78, 5) is 8.94. The van der Waals surface area contributed by atoms with Gasteiger partial charge in [0.25, 0.3) is 0 Å². The molecule has 0 aliphatic heterocycles. The minimum absolute atomic E-state index is 0.128. The maximum Gasteiger partial charge on any atom is 0.238 e. The first-order chi connectivity index (χ1) is 15.1. The van der Waals surface area contributed by atoms with Gasteiger partial charge in [-0.3, -0.25) is 0 Å². The standard InChI is InChI=1S/C24H26N6O/c1-5-18-13-21(28-29-23(18)26-17(3)19-9-7-6-8-10-19)20-11-12-22(24(27-20)31-4)30-14-16(2)25-15-30/h6-15,17H,5H2,1-4H3,(H,26,29). The van der Waals surface area contributed by atoms with Crippen LogP contribution in [0, 0.1) is 6.92 Å². The molecule has 1 N–H and O–H groups in total. The van der Waals surface area contributed by atoms with Crippen molar-refractivity contribution in [1.29, 1.82) is 0 Å². The van der Waals surface area contributed by atoms with Gasteiger partial charge in [0.1, 0.15) is 11.4 Å². The van der Waals surface area contributed by atoms with E-state index < -0.39 is 0 Å². The quantitative estimate of drug-likeness (QED) is 0.469. The summed E-state index contributed by atoms with van der Waals surface area (Å²) in [7, 11) is 1.61. The van der Waals surface area contributed by atoms with Crippen molar-refractivity contribution in [2.24, 2.45) is 0 Å². The van der Waals surface area contributed by atoms with Crippen LogP contribution in [0.4, 0.5) is 5.82 Å². The maximum atomic E-state index is 5.53. The molecule has 4 rings (SSSR count). The normalized spacial score (nSPS) is 11.9. The molecule has 0 aliphatic rings. The van der Waals surface area contributed by atoms with Gasteiger partial charge in [0.05, 0.1) is 30.9 Å². The van der Waals surface area contributed by atoms with E-state index in [2.05, 4.69) is 51.5 Å². The monoisotopic (exact) mass is 414 g/mol. The number of pyridine rings is 1. The minimum Gasteiger partial charge on any atom is -0.479 e. The van der Waals surface area contributed by atoms with Crippen molar-refractivity contribution in [2.75, 3.05) is 12.4 Å². The van der Waals surface area contributed by atoms with Crippen molar-refractivity contribution in [3.05, 3.63) is 77.9 Å². The highest BCUT2D eigenvalue weighted by Gasteiger charge is 2.14. The van der Waals surface area contributed by atoms with Crippen LogP contribution in [0.15, 0.2) is 61.1 Å². The SMILES string of the molecule is CCc1cc(-c2ccc(-n3cnc(C)c3)c(OC)n2)nnc1NC(C)c1ccccc1. The Morgan fingerprint density at radius 1 is 1.06 bits per heavy atom. The van der Waals surface area contributed by atoms with Crippen molar-refractivity contribution in [3.8, 4) is 23.0 Å². The topological polar surface area (TPSA) is 77.8 Å². The van der Waals surface area contributed by atoms with Gasteiger partial charge in [0.15, 0.2) is 5.82 Å². The Balaban J connectivity index is 1.63. The minimum atomic E-state index is 0.128. The Kier molecular flexibility index (Phi) is 5.93. The first-order valence-electron chi connectivity index (χ1n) is 10.3. The van der Waals surface area contributed by atoms with E-state index in [4.69, 9.17) is 4.74 Å². The molecule has 1 aromatic carbocycles. The summed E-state index contributed by atoms with van der Waals surface area (Å²) >= 11 is 0. The predicted molar refractivity (Wildman–Crippen MR) is 122 cm³/mol. The highest BCUT2D eigenvalue weighted by Crippen LogP contribution is 2.27. The van der Waals surface area contributed by atoms with Crippen molar-refractivity contribution in [2.45, 2.75) is 33.2 Å². The van der Waals surface area contributed by atoms with Gasteiger partial charge in [-0.1, -0.05) is 37.3 Å². The number of rotatable bonds is 7. The number of imidazole rings is 1. The summed E-state index contributed by atoms with van der Waals surface area (Å²) in [6, 6.07) is 16.3. The molecule has 0 fully saturated rings. The third-order valence-electron chi connectivity index (χ3n) is 5.19.